The summed E-state index contributed by atoms with van der Waals surface area (Å²) in [6.45, 7) is 6.10. The SMILES string of the molecule is CCOC(=O)c1cn2c(cc1=O)-c1cc(OC)c(O)cc1CC2C(C)C. The number of phenols is 1. The molecule has 1 aliphatic heterocycles. The fourth-order valence-corrected chi connectivity index (χ4v) is 3.47. The number of rotatable bonds is 4. The maximum atomic E-state index is 12.5. The Labute approximate surface area is 152 Å². The van der Waals surface area contributed by atoms with Gasteiger partial charge in [-0.3, -0.25) is 4.79 Å². The number of hydrogen-bond acceptors (Lipinski definition) is 5. The number of methoxy groups -OCH3 is 1. The standard InChI is InChI=1S/C20H23NO5/c1-5-26-20(24)14-10-21-15(11(2)3)6-12-7-18(23)19(25-4)8-13(12)16(21)9-17(14)22/h7-11,15,23H,5-6H2,1-4H3. The Morgan fingerprint density at radius 3 is 2.69 bits per heavy atom. The molecule has 6 nitrogen and oxygen atoms in total. The molecule has 0 amide bonds. The summed E-state index contributed by atoms with van der Waals surface area (Å²) < 4.78 is 12.2. The van der Waals surface area contributed by atoms with Gasteiger partial charge in [-0.25, -0.2) is 4.79 Å². The van der Waals surface area contributed by atoms with Gasteiger partial charge in [0.2, 0.25) is 0 Å². The summed E-state index contributed by atoms with van der Waals surface area (Å²) in [5, 5.41) is 10.1. The molecule has 1 aromatic heterocycles. The van der Waals surface area contributed by atoms with Crippen molar-refractivity contribution in [2.45, 2.75) is 33.2 Å². The van der Waals surface area contributed by atoms with Gasteiger partial charge in [0.1, 0.15) is 5.56 Å². The fraction of sp³-hybridized carbons (Fsp3) is 0.400. The van der Waals surface area contributed by atoms with Crippen molar-refractivity contribution in [1.29, 1.82) is 0 Å². The second kappa shape index (κ2) is 6.86. The maximum absolute atomic E-state index is 12.5. The third kappa shape index (κ3) is 2.96. The van der Waals surface area contributed by atoms with Crippen LogP contribution in [-0.4, -0.2) is 29.4 Å². The summed E-state index contributed by atoms with van der Waals surface area (Å²) >= 11 is 0. The number of carbonyl (C=O) groups excluding carboxylic acids is 1. The number of carbonyl (C=O) groups is 1. The van der Waals surface area contributed by atoms with E-state index >= 15 is 0 Å². The summed E-state index contributed by atoms with van der Waals surface area (Å²) in [7, 11) is 1.48. The van der Waals surface area contributed by atoms with E-state index in [1.54, 1.807) is 25.3 Å². The van der Waals surface area contributed by atoms with Crippen LogP contribution in [0.4, 0.5) is 0 Å². The van der Waals surface area contributed by atoms with Crippen LogP contribution < -0.4 is 10.2 Å². The van der Waals surface area contributed by atoms with Crippen molar-refractivity contribution < 1.29 is 19.4 Å². The van der Waals surface area contributed by atoms with Crippen LogP contribution in [0.1, 0.15) is 42.7 Å². The van der Waals surface area contributed by atoms with Crippen LogP contribution in [-0.2, 0) is 11.2 Å². The van der Waals surface area contributed by atoms with E-state index in [9.17, 15) is 14.7 Å². The first-order valence-electron chi connectivity index (χ1n) is 8.70. The first-order chi connectivity index (χ1) is 12.4. The minimum absolute atomic E-state index is 0.0374. The van der Waals surface area contributed by atoms with Crippen LogP contribution in [0.25, 0.3) is 11.3 Å². The number of nitrogens with zero attached hydrogens (tertiary/aromatic N) is 1. The number of hydrogen-bond donors (Lipinski definition) is 1. The first-order valence-corrected chi connectivity index (χ1v) is 8.70. The number of ether oxygens (including phenoxy) is 2. The summed E-state index contributed by atoms with van der Waals surface area (Å²) in [5.74, 6) is 0.0843. The van der Waals surface area contributed by atoms with E-state index in [1.165, 1.54) is 13.2 Å². The average molecular weight is 357 g/mol. The van der Waals surface area contributed by atoms with Crippen molar-refractivity contribution in [1.82, 2.24) is 4.57 Å². The normalized spacial score (nSPS) is 15.3. The lowest BCUT2D eigenvalue weighted by atomic mass is 9.87. The number of aromatic nitrogens is 1. The van der Waals surface area contributed by atoms with Gasteiger partial charge in [0.15, 0.2) is 16.9 Å². The quantitative estimate of drug-likeness (QED) is 0.851. The lowest BCUT2D eigenvalue weighted by Gasteiger charge is -2.33. The third-order valence-electron chi connectivity index (χ3n) is 4.81. The zero-order valence-corrected chi connectivity index (χ0v) is 15.4. The fourth-order valence-electron chi connectivity index (χ4n) is 3.47. The van der Waals surface area contributed by atoms with Crippen LogP contribution in [0.2, 0.25) is 0 Å². The number of aromatic hydroxyl groups is 1. The Morgan fingerprint density at radius 2 is 2.08 bits per heavy atom. The molecule has 6 heteroatoms. The molecule has 0 bridgehead atoms. The Kier molecular flexibility index (Phi) is 4.76. The molecule has 2 heterocycles. The molecule has 0 saturated heterocycles. The molecule has 1 unspecified atom stereocenters. The Hall–Kier alpha value is -2.76. The Bertz CT molecular complexity index is 913. The van der Waals surface area contributed by atoms with E-state index in [4.69, 9.17) is 9.47 Å². The molecule has 0 spiro atoms. The zero-order valence-electron chi connectivity index (χ0n) is 15.4. The molecule has 2 aromatic rings. The smallest absolute Gasteiger partial charge is 0.343 e. The van der Waals surface area contributed by atoms with Crippen molar-refractivity contribution >= 4 is 5.97 Å². The molecule has 1 N–H and O–H groups in total. The largest absolute Gasteiger partial charge is 0.504 e. The van der Waals surface area contributed by atoms with Gasteiger partial charge in [-0.1, -0.05) is 13.8 Å². The summed E-state index contributed by atoms with van der Waals surface area (Å²) in [6.07, 6.45) is 2.28. The first kappa shape index (κ1) is 18.0. The van der Waals surface area contributed by atoms with Crippen LogP contribution in [0.3, 0.4) is 0 Å². The summed E-state index contributed by atoms with van der Waals surface area (Å²) in [4.78, 5) is 24.7. The topological polar surface area (TPSA) is 77.8 Å². The predicted octanol–water partition coefficient (Wildman–Crippen LogP) is 3.16. The molecule has 0 fully saturated rings. The van der Waals surface area contributed by atoms with Gasteiger partial charge in [-0.15, -0.1) is 0 Å². The number of benzene rings is 1. The van der Waals surface area contributed by atoms with Crippen molar-refractivity contribution in [3.8, 4) is 22.8 Å². The molecule has 26 heavy (non-hydrogen) atoms. The highest BCUT2D eigenvalue weighted by atomic mass is 16.5. The maximum Gasteiger partial charge on any atom is 0.343 e. The molecular weight excluding hydrogens is 334 g/mol. The molecule has 138 valence electrons. The minimum atomic E-state index is -0.607. The predicted molar refractivity (Wildman–Crippen MR) is 97.9 cm³/mol. The molecule has 0 radical (unpaired) electrons. The Balaban J connectivity index is 2.25. The van der Waals surface area contributed by atoms with Crippen molar-refractivity contribution in [2.24, 2.45) is 5.92 Å². The molecular formula is C20H23NO5. The molecule has 1 atom stereocenters. The van der Waals surface area contributed by atoms with E-state index in [-0.39, 0.29) is 35.3 Å². The highest BCUT2D eigenvalue weighted by Gasteiger charge is 2.29. The van der Waals surface area contributed by atoms with E-state index in [0.29, 0.717) is 17.9 Å². The number of esters is 1. The van der Waals surface area contributed by atoms with Crippen LogP contribution in [0.15, 0.2) is 29.2 Å². The van der Waals surface area contributed by atoms with E-state index in [2.05, 4.69) is 13.8 Å². The minimum Gasteiger partial charge on any atom is -0.504 e. The average Bonchev–Trinajstić information content (AvgIpc) is 2.59. The van der Waals surface area contributed by atoms with Gasteiger partial charge in [-0.2, -0.15) is 0 Å². The van der Waals surface area contributed by atoms with E-state index in [0.717, 1.165) is 11.1 Å². The van der Waals surface area contributed by atoms with Gasteiger partial charge in [-0.05, 0) is 37.0 Å². The lowest BCUT2D eigenvalue weighted by Crippen LogP contribution is -2.28. The van der Waals surface area contributed by atoms with Crippen molar-refractivity contribution in [2.75, 3.05) is 13.7 Å². The van der Waals surface area contributed by atoms with Gasteiger partial charge in [0.25, 0.3) is 0 Å². The highest BCUT2D eigenvalue weighted by molar-refractivity contribution is 5.89. The number of pyridine rings is 1. The van der Waals surface area contributed by atoms with E-state index < -0.39 is 5.97 Å². The van der Waals surface area contributed by atoms with Crippen molar-refractivity contribution in [3.63, 3.8) is 0 Å². The van der Waals surface area contributed by atoms with Gasteiger partial charge >= 0.3 is 5.97 Å². The molecule has 1 aliphatic rings. The monoisotopic (exact) mass is 357 g/mol. The number of fused-ring (bicyclic) bond motifs is 3. The van der Waals surface area contributed by atoms with Gasteiger partial charge < -0.3 is 19.1 Å². The van der Waals surface area contributed by atoms with Crippen LogP contribution in [0.5, 0.6) is 11.5 Å². The lowest BCUT2D eigenvalue weighted by molar-refractivity contribution is 0.0523. The second-order valence-electron chi connectivity index (χ2n) is 6.76. The molecule has 1 aromatic carbocycles. The molecule has 0 aliphatic carbocycles. The van der Waals surface area contributed by atoms with Gasteiger partial charge in [0, 0.05) is 23.9 Å². The van der Waals surface area contributed by atoms with Crippen molar-refractivity contribution in [3.05, 3.63) is 45.7 Å². The van der Waals surface area contributed by atoms with E-state index in [1.807, 2.05) is 4.57 Å². The molecule has 0 saturated carbocycles. The van der Waals surface area contributed by atoms with Crippen LogP contribution in [0, 0.1) is 5.92 Å². The number of phenolic OH excluding ortho intramolecular Hbond substituents is 1. The third-order valence-corrected chi connectivity index (χ3v) is 4.81. The highest BCUT2D eigenvalue weighted by Crippen LogP contribution is 2.42. The van der Waals surface area contributed by atoms with Crippen LogP contribution >= 0.6 is 0 Å². The Morgan fingerprint density at radius 1 is 1.35 bits per heavy atom. The zero-order chi connectivity index (χ0) is 19.0. The molecule has 3 rings (SSSR count). The summed E-state index contributed by atoms with van der Waals surface area (Å²) in [6, 6.07) is 4.95. The second-order valence-corrected chi connectivity index (χ2v) is 6.76. The van der Waals surface area contributed by atoms with Gasteiger partial charge in [0.05, 0.1) is 19.4 Å². The summed E-state index contributed by atoms with van der Waals surface area (Å²) in [5.41, 5.74) is 2.14.